The summed E-state index contributed by atoms with van der Waals surface area (Å²) in [6, 6.07) is 7.91. The van der Waals surface area contributed by atoms with Crippen LogP contribution in [0.1, 0.15) is 11.7 Å². The predicted octanol–water partition coefficient (Wildman–Crippen LogP) is 1.32. The average molecular weight is 168 g/mol. The molecular formula is C8H12N2S. The largest absolute Gasteiger partial charge is 0.312 e. The van der Waals surface area contributed by atoms with Crippen molar-refractivity contribution in [3.05, 3.63) is 29.8 Å². The van der Waals surface area contributed by atoms with Crippen molar-refractivity contribution in [3.63, 3.8) is 0 Å². The Morgan fingerprint density at radius 1 is 1.27 bits per heavy atom. The van der Waals surface area contributed by atoms with Crippen LogP contribution in [-0.4, -0.2) is 6.26 Å². The standard InChI is InChI=1S/C8H12N2S/c1-11-7-5-3-2-4-6(7)8(9)10/h2-5,8H,9-10H2,1H3. The fourth-order valence-corrected chi connectivity index (χ4v) is 1.60. The lowest BCUT2D eigenvalue weighted by Crippen LogP contribution is -2.20. The third-order valence-electron chi connectivity index (χ3n) is 1.50. The molecular weight excluding hydrogens is 156 g/mol. The fourth-order valence-electron chi connectivity index (χ4n) is 0.942. The maximum atomic E-state index is 5.55. The van der Waals surface area contributed by atoms with Gasteiger partial charge in [0.05, 0.1) is 6.17 Å². The van der Waals surface area contributed by atoms with Gasteiger partial charge in [-0.3, -0.25) is 0 Å². The molecule has 0 atom stereocenters. The van der Waals surface area contributed by atoms with E-state index in [1.54, 1.807) is 11.8 Å². The summed E-state index contributed by atoms with van der Waals surface area (Å²) >= 11 is 1.66. The monoisotopic (exact) mass is 168 g/mol. The van der Waals surface area contributed by atoms with E-state index in [4.69, 9.17) is 11.5 Å². The molecule has 0 aliphatic rings. The molecule has 0 heterocycles. The van der Waals surface area contributed by atoms with Crippen LogP contribution in [0.4, 0.5) is 0 Å². The topological polar surface area (TPSA) is 52.0 Å². The summed E-state index contributed by atoms with van der Waals surface area (Å²) in [6.07, 6.45) is 1.65. The van der Waals surface area contributed by atoms with Crippen LogP contribution < -0.4 is 11.5 Å². The summed E-state index contributed by atoms with van der Waals surface area (Å²) in [7, 11) is 0. The molecule has 0 spiro atoms. The molecule has 4 N–H and O–H groups in total. The van der Waals surface area contributed by atoms with Crippen LogP contribution in [0, 0.1) is 0 Å². The second-order valence-corrected chi connectivity index (χ2v) is 3.12. The number of benzene rings is 1. The highest BCUT2D eigenvalue weighted by molar-refractivity contribution is 7.98. The number of thioether (sulfide) groups is 1. The summed E-state index contributed by atoms with van der Waals surface area (Å²) < 4.78 is 0. The Bertz CT molecular complexity index is 235. The van der Waals surface area contributed by atoms with Crippen LogP contribution in [0.15, 0.2) is 29.2 Å². The highest BCUT2D eigenvalue weighted by Crippen LogP contribution is 2.21. The lowest BCUT2D eigenvalue weighted by atomic mass is 10.2. The van der Waals surface area contributed by atoms with E-state index in [1.165, 1.54) is 0 Å². The number of hydrogen-bond acceptors (Lipinski definition) is 3. The van der Waals surface area contributed by atoms with Crippen LogP contribution in [0.3, 0.4) is 0 Å². The quantitative estimate of drug-likeness (QED) is 0.517. The van der Waals surface area contributed by atoms with Gasteiger partial charge in [-0.05, 0) is 17.9 Å². The van der Waals surface area contributed by atoms with Crippen LogP contribution in [0.5, 0.6) is 0 Å². The van der Waals surface area contributed by atoms with Gasteiger partial charge in [0.2, 0.25) is 0 Å². The van der Waals surface area contributed by atoms with Crippen molar-refractivity contribution >= 4 is 11.8 Å². The Balaban J connectivity index is 3.02. The first-order valence-electron chi connectivity index (χ1n) is 3.40. The molecule has 11 heavy (non-hydrogen) atoms. The molecule has 1 rings (SSSR count). The van der Waals surface area contributed by atoms with Gasteiger partial charge < -0.3 is 11.5 Å². The Labute approximate surface area is 71.0 Å². The summed E-state index contributed by atoms with van der Waals surface area (Å²) in [5.41, 5.74) is 12.1. The predicted molar refractivity (Wildman–Crippen MR) is 49.3 cm³/mol. The zero-order valence-corrected chi connectivity index (χ0v) is 7.27. The van der Waals surface area contributed by atoms with Crippen molar-refractivity contribution < 1.29 is 0 Å². The summed E-state index contributed by atoms with van der Waals surface area (Å²) in [4.78, 5) is 1.16. The van der Waals surface area contributed by atoms with E-state index >= 15 is 0 Å². The number of rotatable bonds is 2. The van der Waals surface area contributed by atoms with E-state index in [0.717, 1.165) is 10.5 Å². The minimum atomic E-state index is -0.362. The summed E-state index contributed by atoms with van der Waals surface area (Å²) in [5, 5.41) is 0. The van der Waals surface area contributed by atoms with Crippen molar-refractivity contribution in [1.29, 1.82) is 0 Å². The Hall–Kier alpha value is -0.510. The number of hydrogen-bond donors (Lipinski definition) is 2. The van der Waals surface area contributed by atoms with E-state index in [9.17, 15) is 0 Å². The zero-order chi connectivity index (χ0) is 8.27. The molecule has 0 aromatic heterocycles. The SMILES string of the molecule is CSc1ccccc1C(N)N. The van der Waals surface area contributed by atoms with Gasteiger partial charge in [0.1, 0.15) is 0 Å². The van der Waals surface area contributed by atoms with E-state index in [-0.39, 0.29) is 6.17 Å². The lowest BCUT2D eigenvalue weighted by Gasteiger charge is -2.09. The molecule has 0 unspecified atom stereocenters. The van der Waals surface area contributed by atoms with Crippen LogP contribution in [0.25, 0.3) is 0 Å². The Morgan fingerprint density at radius 2 is 1.91 bits per heavy atom. The molecule has 0 radical (unpaired) electrons. The normalized spacial score (nSPS) is 10.5. The molecule has 0 saturated heterocycles. The summed E-state index contributed by atoms with van der Waals surface area (Å²) in [6.45, 7) is 0. The Kier molecular flexibility index (Phi) is 2.93. The van der Waals surface area contributed by atoms with Gasteiger partial charge in [-0.1, -0.05) is 18.2 Å². The smallest absolute Gasteiger partial charge is 0.0795 e. The second kappa shape index (κ2) is 3.76. The molecule has 60 valence electrons. The number of nitrogens with two attached hydrogens (primary N) is 2. The zero-order valence-electron chi connectivity index (χ0n) is 6.45. The molecule has 0 saturated carbocycles. The molecule has 1 aromatic carbocycles. The van der Waals surface area contributed by atoms with E-state index in [2.05, 4.69) is 0 Å². The van der Waals surface area contributed by atoms with Crippen molar-refractivity contribution in [2.75, 3.05) is 6.26 Å². The first-order chi connectivity index (χ1) is 5.25. The van der Waals surface area contributed by atoms with Gasteiger partial charge in [0, 0.05) is 4.90 Å². The van der Waals surface area contributed by atoms with Gasteiger partial charge in [-0.25, -0.2) is 0 Å². The third kappa shape index (κ3) is 1.96. The van der Waals surface area contributed by atoms with Crippen LogP contribution >= 0.6 is 11.8 Å². The highest BCUT2D eigenvalue weighted by Gasteiger charge is 2.03. The maximum absolute atomic E-state index is 5.55. The van der Waals surface area contributed by atoms with Gasteiger partial charge in [0.15, 0.2) is 0 Å². The van der Waals surface area contributed by atoms with Crippen molar-refractivity contribution in [2.24, 2.45) is 11.5 Å². The van der Waals surface area contributed by atoms with Gasteiger partial charge in [-0.15, -0.1) is 11.8 Å². The molecule has 0 fully saturated rings. The van der Waals surface area contributed by atoms with Gasteiger partial charge >= 0.3 is 0 Å². The maximum Gasteiger partial charge on any atom is 0.0795 e. The minimum Gasteiger partial charge on any atom is -0.312 e. The highest BCUT2D eigenvalue weighted by atomic mass is 32.2. The van der Waals surface area contributed by atoms with Crippen molar-refractivity contribution in [1.82, 2.24) is 0 Å². The van der Waals surface area contributed by atoms with Crippen LogP contribution in [-0.2, 0) is 0 Å². The molecule has 0 bridgehead atoms. The molecule has 2 nitrogen and oxygen atoms in total. The first-order valence-corrected chi connectivity index (χ1v) is 4.62. The van der Waals surface area contributed by atoms with Crippen molar-refractivity contribution in [3.8, 4) is 0 Å². The van der Waals surface area contributed by atoms with Crippen molar-refractivity contribution in [2.45, 2.75) is 11.1 Å². The fraction of sp³-hybridized carbons (Fsp3) is 0.250. The minimum absolute atomic E-state index is 0.362. The molecule has 0 amide bonds. The van der Waals surface area contributed by atoms with Gasteiger partial charge in [0.25, 0.3) is 0 Å². The molecule has 1 aromatic rings. The van der Waals surface area contributed by atoms with Crippen LogP contribution in [0.2, 0.25) is 0 Å². The molecule has 3 heteroatoms. The third-order valence-corrected chi connectivity index (χ3v) is 2.31. The molecule has 0 aliphatic carbocycles. The van der Waals surface area contributed by atoms with E-state index in [1.807, 2.05) is 30.5 Å². The van der Waals surface area contributed by atoms with E-state index in [0.29, 0.717) is 0 Å². The lowest BCUT2D eigenvalue weighted by molar-refractivity contribution is 0.756. The first kappa shape index (κ1) is 8.59. The summed E-state index contributed by atoms with van der Waals surface area (Å²) in [5.74, 6) is 0. The Morgan fingerprint density at radius 3 is 2.36 bits per heavy atom. The average Bonchev–Trinajstić information content (AvgIpc) is 2.04. The molecule has 0 aliphatic heterocycles. The van der Waals surface area contributed by atoms with E-state index < -0.39 is 0 Å². The van der Waals surface area contributed by atoms with Gasteiger partial charge in [-0.2, -0.15) is 0 Å². The second-order valence-electron chi connectivity index (χ2n) is 2.27.